The molecule has 0 aliphatic heterocycles. The molecule has 150 valence electrons. The summed E-state index contributed by atoms with van der Waals surface area (Å²) in [4.78, 5) is 30.1. The van der Waals surface area contributed by atoms with Crippen LogP contribution in [0.15, 0.2) is 70.9 Å². The highest BCUT2D eigenvalue weighted by molar-refractivity contribution is 7.14. The highest BCUT2D eigenvalue weighted by atomic mass is 32.1. The predicted octanol–water partition coefficient (Wildman–Crippen LogP) is 7.67. The van der Waals surface area contributed by atoms with Gasteiger partial charge in [0.05, 0.1) is 5.57 Å². The number of ketones is 2. The van der Waals surface area contributed by atoms with E-state index < -0.39 is 0 Å². The molecule has 0 bridgehead atoms. The zero-order valence-electron chi connectivity index (χ0n) is 16.3. The second-order valence-electron chi connectivity index (χ2n) is 6.93. The number of hydrogen-bond donors (Lipinski definition) is 0. The van der Waals surface area contributed by atoms with Gasteiger partial charge in [0.2, 0.25) is 0 Å². The van der Waals surface area contributed by atoms with E-state index in [1.165, 1.54) is 4.88 Å². The number of hydrogen-bond acceptors (Lipinski definition) is 5. The van der Waals surface area contributed by atoms with Gasteiger partial charge in [0.1, 0.15) is 0 Å². The molecule has 1 aliphatic rings. The molecular weight excluding hydrogens is 440 g/mol. The number of carbonyl (C=O) groups is 2. The third kappa shape index (κ3) is 4.08. The number of thiophene rings is 3. The topological polar surface area (TPSA) is 34.1 Å². The van der Waals surface area contributed by atoms with Gasteiger partial charge in [0.25, 0.3) is 0 Å². The van der Waals surface area contributed by atoms with E-state index in [0.29, 0.717) is 11.1 Å². The molecular formula is C26H16O2S3. The van der Waals surface area contributed by atoms with Crippen molar-refractivity contribution < 1.29 is 9.59 Å². The quantitative estimate of drug-likeness (QED) is 0.228. The number of fused-ring (bicyclic) bond motifs is 1. The second kappa shape index (κ2) is 8.55. The van der Waals surface area contributed by atoms with Gasteiger partial charge in [-0.25, -0.2) is 0 Å². The number of Topliss-reactive ketones (excluding diaryl/α,β-unsaturated/α-hetero) is 2. The van der Waals surface area contributed by atoms with Crippen molar-refractivity contribution >= 4 is 76.0 Å². The molecule has 31 heavy (non-hydrogen) atoms. The fourth-order valence-electron chi connectivity index (χ4n) is 3.42. The monoisotopic (exact) mass is 456 g/mol. The van der Waals surface area contributed by atoms with Crippen molar-refractivity contribution in [2.45, 2.75) is 0 Å². The van der Waals surface area contributed by atoms with Crippen LogP contribution < -0.4 is 0 Å². The van der Waals surface area contributed by atoms with Crippen LogP contribution in [-0.4, -0.2) is 11.6 Å². The van der Waals surface area contributed by atoms with Gasteiger partial charge in [-0.15, -0.1) is 34.0 Å². The molecule has 0 fully saturated rings. The van der Waals surface area contributed by atoms with Gasteiger partial charge in [-0.1, -0.05) is 36.4 Å². The van der Waals surface area contributed by atoms with Crippen LogP contribution in [-0.2, 0) is 0 Å². The van der Waals surface area contributed by atoms with Crippen molar-refractivity contribution in [3.05, 3.63) is 107 Å². The third-order valence-electron chi connectivity index (χ3n) is 4.91. The van der Waals surface area contributed by atoms with Crippen LogP contribution >= 0.6 is 34.0 Å². The van der Waals surface area contributed by atoms with Crippen LogP contribution in [0.4, 0.5) is 0 Å². The summed E-state index contributed by atoms with van der Waals surface area (Å²) < 4.78 is 0. The lowest BCUT2D eigenvalue weighted by Gasteiger charge is -1.95. The first-order chi connectivity index (χ1) is 15.2. The maximum atomic E-state index is 12.8. The molecule has 0 unspecified atom stereocenters. The van der Waals surface area contributed by atoms with Gasteiger partial charge >= 0.3 is 0 Å². The molecule has 5 rings (SSSR count). The molecule has 1 aromatic carbocycles. The summed E-state index contributed by atoms with van der Waals surface area (Å²) in [6.45, 7) is 0. The van der Waals surface area contributed by atoms with E-state index in [2.05, 4.69) is 36.4 Å². The maximum Gasteiger partial charge on any atom is 0.197 e. The zero-order chi connectivity index (χ0) is 21.2. The first kappa shape index (κ1) is 19.8. The predicted molar refractivity (Wildman–Crippen MR) is 134 cm³/mol. The molecule has 5 heteroatoms. The van der Waals surface area contributed by atoms with Gasteiger partial charge in [-0.2, -0.15) is 0 Å². The van der Waals surface area contributed by atoms with E-state index in [1.54, 1.807) is 64.4 Å². The lowest BCUT2D eigenvalue weighted by molar-refractivity contribution is 0.0990. The summed E-state index contributed by atoms with van der Waals surface area (Å²) in [5, 5.41) is 4.09. The van der Waals surface area contributed by atoms with Crippen molar-refractivity contribution in [1.82, 2.24) is 0 Å². The summed E-state index contributed by atoms with van der Waals surface area (Å²) >= 11 is 5.00. The van der Waals surface area contributed by atoms with Crippen molar-refractivity contribution in [3.63, 3.8) is 0 Å². The van der Waals surface area contributed by atoms with Gasteiger partial charge in [-0.3, -0.25) is 9.59 Å². The van der Waals surface area contributed by atoms with Crippen molar-refractivity contribution in [2.24, 2.45) is 0 Å². The maximum absolute atomic E-state index is 12.8. The van der Waals surface area contributed by atoms with E-state index in [4.69, 9.17) is 0 Å². The Morgan fingerprint density at radius 2 is 1.23 bits per heavy atom. The van der Waals surface area contributed by atoms with Crippen LogP contribution in [0.1, 0.15) is 45.8 Å². The van der Waals surface area contributed by atoms with E-state index in [0.717, 1.165) is 20.2 Å². The standard InChI is InChI=1S/C26H16O2S3/c27-25-21-7-1-2-8-22(21)26(28)23(25)16-17-15-20(10-9-18-5-3-13-29-18)31-24(17)12-11-19-6-4-14-30-19/h1-16H/b10-9+,12-11+. The van der Waals surface area contributed by atoms with Gasteiger partial charge in [0, 0.05) is 30.6 Å². The molecule has 4 aromatic rings. The smallest absolute Gasteiger partial charge is 0.197 e. The minimum absolute atomic E-state index is 0.198. The molecule has 0 saturated carbocycles. The van der Waals surface area contributed by atoms with Gasteiger partial charge in [-0.05, 0) is 64.9 Å². The lowest BCUT2D eigenvalue weighted by atomic mass is 10.1. The lowest BCUT2D eigenvalue weighted by Crippen LogP contribution is -2.00. The molecule has 0 spiro atoms. The van der Waals surface area contributed by atoms with Crippen LogP contribution in [0, 0.1) is 0 Å². The first-order valence-corrected chi connectivity index (χ1v) is 12.2. The van der Waals surface area contributed by atoms with Gasteiger partial charge in [0.15, 0.2) is 11.6 Å². The van der Waals surface area contributed by atoms with E-state index in [9.17, 15) is 9.59 Å². The molecule has 1 aliphatic carbocycles. The summed E-state index contributed by atoms with van der Waals surface area (Å²) in [7, 11) is 0. The fraction of sp³-hybridized carbons (Fsp3) is 0. The van der Waals surface area contributed by atoms with Gasteiger partial charge < -0.3 is 0 Å². The van der Waals surface area contributed by atoms with Crippen molar-refractivity contribution in [3.8, 4) is 0 Å². The average molecular weight is 457 g/mol. The Bertz CT molecular complexity index is 1310. The molecule has 3 heterocycles. The number of benzene rings is 1. The minimum Gasteiger partial charge on any atom is -0.288 e. The summed E-state index contributed by atoms with van der Waals surface area (Å²) in [5.74, 6) is -0.397. The average Bonchev–Trinajstić information content (AvgIpc) is 3.58. The molecule has 0 amide bonds. The van der Waals surface area contributed by atoms with E-state index in [-0.39, 0.29) is 17.1 Å². The SMILES string of the molecule is O=C1C(=Cc2cc(/C=C/c3cccs3)sc2/C=C/c2cccs2)C(=O)c2ccccc21. The normalized spacial score (nSPS) is 13.6. The Morgan fingerprint density at radius 3 is 1.81 bits per heavy atom. The minimum atomic E-state index is -0.198. The Kier molecular flexibility index (Phi) is 5.47. The van der Waals surface area contributed by atoms with Crippen LogP contribution in [0.5, 0.6) is 0 Å². The van der Waals surface area contributed by atoms with E-state index >= 15 is 0 Å². The summed E-state index contributed by atoms with van der Waals surface area (Å²) in [6, 6.07) is 17.2. The molecule has 0 N–H and O–H groups in total. The number of rotatable bonds is 5. The Labute approximate surface area is 192 Å². The van der Waals surface area contributed by atoms with Crippen molar-refractivity contribution in [2.75, 3.05) is 0 Å². The van der Waals surface area contributed by atoms with Crippen LogP contribution in [0.2, 0.25) is 0 Å². The van der Waals surface area contributed by atoms with E-state index in [1.807, 2.05) is 29.0 Å². The Hall–Kier alpha value is -3.12. The Morgan fingerprint density at radius 1 is 0.645 bits per heavy atom. The second-order valence-corrected chi connectivity index (χ2v) is 10.0. The summed E-state index contributed by atoms with van der Waals surface area (Å²) in [6.07, 6.45) is 10.0. The van der Waals surface area contributed by atoms with Crippen molar-refractivity contribution in [1.29, 1.82) is 0 Å². The Balaban J connectivity index is 1.54. The number of carbonyl (C=O) groups excluding carboxylic acids is 2. The first-order valence-electron chi connectivity index (χ1n) is 9.66. The molecule has 0 saturated heterocycles. The number of allylic oxidation sites excluding steroid dienone is 1. The molecule has 2 nitrogen and oxygen atoms in total. The highest BCUT2D eigenvalue weighted by Crippen LogP contribution is 2.33. The molecule has 0 radical (unpaired) electrons. The fourth-order valence-corrected chi connectivity index (χ4v) is 5.60. The summed E-state index contributed by atoms with van der Waals surface area (Å²) in [5.41, 5.74) is 2.09. The largest absolute Gasteiger partial charge is 0.288 e. The van der Waals surface area contributed by atoms with Crippen LogP contribution in [0.3, 0.4) is 0 Å². The highest BCUT2D eigenvalue weighted by Gasteiger charge is 2.32. The van der Waals surface area contributed by atoms with Crippen LogP contribution in [0.25, 0.3) is 30.4 Å². The zero-order valence-corrected chi connectivity index (χ0v) is 18.7. The molecule has 3 aromatic heterocycles. The third-order valence-corrected chi connectivity index (χ3v) is 7.67. The molecule has 0 atom stereocenters.